The van der Waals surface area contributed by atoms with Crippen LogP contribution in [0.25, 0.3) is 0 Å². The van der Waals surface area contributed by atoms with Crippen LogP contribution in [0, 0.1) is 0 Å². The fraction of sp³-hybridized carbons (Fsp3) is 0.286. The third kappa shape index (κ3) is 4.83. The van der Waals surface area contributed by atoms with Crippen molar-refractivity contribution in [2.24, 2.45) is 0 Å². The zero-order chi connectivity index (χ0) is 14.3. The summed E-state index contributed by atoms with van der Waals surface area (Å²) in [6, 6.07) is 8.87. The molecule has 0 bridgehead atoms. The van der Waals surface area contributed by atoms with Crippen molar-refractivity contribution in [3.63, 3.8) is 0 Å². The van der Waals surface area contributed by atoms with E-state index in [0.717, 1.165) is 5.56 Å². The van der Waals surface area contributed by atoms with Gasteiger partial charge in [-0.25, -0.2) is 4.79 Å². The topological polar surface area (TPSA) is 69.6 Å². The van der Waals surface area contributed by atoms with Gasteiger partial charge in [0.15, 0.2) is 0 Å². The second-order valence-corrected chi connectivity index (χ2v) is 4.14. The highest BCUT2D eigenvalue weighted by molar-refractivity contribution is 5.80. The van der Waals surface area contributed by atoms with E-state index in [-0.39, 0.29) is 19.1 Å². The Hall–Kier alpha value is -2.30. The van der Waals surface area contributed by atoms with E-state index in [0.29, 0.717) is 0 Å². The molecule has 0 saturated heterocycles. The SMILES string of the molecule is C=CCN(CC(=O)O)C(=O)NC(C)c1ccccc1. The van der Waals surface area contributed by atoms with Crippen LogP contribution in [0.3, 0.4) is 0 Å². The fourth-order valence-corrected chi connectivity index (χ4v) is 1.64. The van der Waals surface area contributed by atoms with Crippen molar-refractivity contribution in [3.05, 3.63) is 48.6 Å². The predicted octanol–water partition coefficient (Wildman–Crippen LogP) is 2.03. The van der Waals surface area contributed by atoms with Crippen LogP contribution in [0.2, 0.25) is 0 Å². The highest BCUT2D eigenvalue weighted by Crippen LogP contribution is 2.11. The summed E-state index contributed by atoms with van der Waals surface area (Å²) in [6.45, 7) is 5.21. The average Bonchev–Trinajstić information content (AvgIpc) is 2.38. The van der Waals surface area contributed by atoms with Gasteiger partial charge in [-0.3, -0.25) is 4.79 Å². The fourth-order valence-electron chi connectivity index (χ4n) is 1.64. The Morgan fingerprint density at radius 2 is 2.05 bits per heavy atom. The van der Waals surface area contributed by atoms with Crippen molar-refractivity contribution in [1.29, 1.82) is 0 Å². The Balaban J connectivity index is 2.65. The van der Waals surface area contributed by atoms with E-state index < -0.39 is 12.0 Å². The zero-order valence-electron chi connectivity index (χ0n) is 10.9. The molecule has 0 aliphatic heterocycles. The van der Waals surface area contributed by atoms with E-state index in [1.165, 1.54) is 11.0 Å². The maximum atomic E-state index is 12.0. The summed E-state index contributed by atoms with van der Waals surface area (Å²) in [5.74, 6) is -1.05. The lowest BCUT2D eigenvalue weighted by Crippen LogP contribution is -2.43. The van der Waals surface area contributed by atoms with Gasteiger partial charge >= 0.3 is 12.0 Å². The smallest absolute Gasteiger partial charge is 0.323 e. The first-order chi connectivity index (χ1) is 9.04. The molecule has 19 heavy (non-hydrogen) atoms. The van der Waals surface area contributed by atoms with Crippen LogP contribution in [0.5, 0.6) is 0 Å². The van der Waals surface area contributed by atoms with Gasteiger partial charge in [-0.2, -0.15) is 0 Å². The van der Waals surface area contributed by atoms with Crippen LogP contribution in [0.4, 0.5) is 4.79 Å². The monoisotopic (exact) mass is 262 g/mol. The van der Waals surface area contributed by atoms with E-state index >= 15 is 0 Å². The third-order valence-corrected chi connectivity index (χ3v) is 2.60. The summed E-state index contributed by atoms with van der Waals surface area (Å²) < 4.78 is 0. The van der Waals surface area contributed by atoms with E-state index in [1.807, 2.05) is 37.3 Å². The summed E-state index contributed by atoms with van der Waals surface area (Å²) in [6.07, 6.45) is 1.50. The van der Waals surface area contributed by atoms with Crippen molar-refractivity contribution in [3.8, 4) is 0 Å². The number of hydrogen-bond donors (Lipinski definition) is 2. The first kappa shape index (κ1) is 14.8. The number of hydrogen-bond acceptors (Lipinski definition) is 2. The lowest BCUT2D eigenvalue weighted by molar-refractivity contribution is -0.137. The number of benzene rings is 1. The summed E-state index contributed by atoms with van der Waals surface area (Å²) in [7, 11) is 0. The van der Waals surface area contributed by atoms with E-state index in [9.17, 15) is 9.59 Å². The van der Waals surface area contributed by atoms with Gasteiger partial charge in [-0.15, -0.1) is 6.58 Å². The molecule has 5 heteroatoms. The minimum atomic E-state index is -1.05. The number of nitrogens with zero attached hydrogens (tertiary/aromatic N) is 1. The number of rotatable bonds is 6. The van der Waals surface area contributed by atoms with Crippen LogP contribution in [-0.4, -0.2) is 35.1 Å². The Bertz CT molecular complexity index is 445. The van der Waals surface area contributed by atoms with Gasteiger partial charge in [0.2, 0.25) is 0 Å². The highest BCUT2D eigenvalue weighted by Gasteiger charge is 2.17. The number of urea groups is 1. The van der Waals surface area contributed by atoms with E-state index in [4.69, 9.17) is 5.11 Å². The Labute approximate surface area is 112 Å². The van der Waals surface area contributed by atoms with Gasteiger partial charge in [-0.1, -0.05) is 36.4 Å². The summed E-state index contributed by atoms with van der Waals surface area (Å²) >= 11 is 0. The van der Waals surface area contributed by atoms with Crippen LogP contribution in [-0.2, 0) is 4.79 Å². The van der Waals surface area contributed by atoms with Crippen molar-refractivity contribution in [1.82, 2.24) is 10.2 Å². The minimum Gasteiger partial charge on any atom is -0.480 e. The second-order valence-electron chi connectivity index (χ2n) is 4.14. The van der Waals surface area contributed by atoms with Crippen LogP contribution >= 0.6 is 0 Å². The quantitative estimate of drug-likeness (QED) is 0.771. The Morgan fingerprint density at radius 1 is 1.42 bits per heavy atom. The van der Waals surface area contributed by atoms with Gasteiger partial charge in [-0.05, 0) is 12.5 Å². The molecular formula is C14H18N2O3. The van der Waals surface area contributed by atoms with Gasteiger partial charge in [0, 0.05) is 6.54 Å². The molecule has 0 aliphatic carbocycles. The molecule has 5 nitrogen and oxygen atoms in total. The Morgan fingerprint density at radius 3 is 2.58 bits per heavy atom. The second kappa shape index (κ2) is 7.20. The van der Waals surface area contributed by atoms with Crippen LogP contribution in [0.15, 0.2) is 43.0 Å². The molecule has 102 valence electrons. The number of carbonyl (C=O) groups is 2. The molecule has 1 rings (SSSR count). The molecule has 0 aromatic heterocycles. The van der Waals surface area contributed by atoms with Crippen molar-refractivity contribution in [2.75, 3.05) is 13.1 Å². The normalized spacial score (nSPS) is 11.4. The summed E-state index contributed by atoms with van der Waals surface area (Å²) in [5.41, 5.74) is 0.963. The van der Waals surface area contributed by atoms with Gasteiger partial charge in [0.1, 0.15) is 6.54 Å². The zero-order valence-corrected chi connectivity index (χ0v) is 10.9. The van der Waals surface area contributed by atoms with Crippen molar-refractivity contribution < 1.29 is 14.7 Å². The third-order valence-electron chi connectivity index (χ3n) is 2.60. The molecular weight excluding hydrogens is 244 g/mol. The predicted molar refractivity (Wildman–Crippen MR) is 72.8 cm³/mol. The summed E-state index contributed by atoms with van der Waals surface area (Å²) in [4.78, 5) is 23.8. The minimum absolute atomic E-state index is 0.185. The van der Waals surface area contributed by atoms with Gasteiger partial charge < -0.3 is 15.3 Å². The van der Waals surface area contributed by atoms with Crippen LogP contribution in [0.1, 0.15) is 18.5 Å². The standard InChI is InChI=1S/C14H18N2O3/c1-3-9-16(10-13(17)18)14(19)15-11(2)12-7-5-4-6-8-12/h3-8,11H,1,9-10H2,2H3,(H,15,19)(H,17,18). The molecule has 1 atom stereocenters. The lowest BCUT2D eigenvalue weighted by Gasteiger charge is -2.22. The lowest BCUT2D eigenvalue weighted by atomic mass is 10.1. The molecule has 1 aromatic carbocycles. The number of carbonyl (C=O) groups excluding carboxylic acids is 1. The summed E-state index contributed by atoms with van der Waals surface area (Å²) in [5, 5.41) is 11.5. The molecule has 1 aromatic rings. The first-order valence-electron chi connectivity index (χ1n) is 5.97. The highest BCUT2D eigenvalue weighted by atomic mass is 16.4. The molecule has 0 aliphatic rings. The molecule has 0 spiro atoms. The van der Waals surface area contributed by atoms with Crippen molar-refractivity contribution in [2.45, 2.75) is 13.0 Å². The van der Waals surface area contributed by atoms with Crippen molar-refractivity contribution >= 4 is 12.0 Å². The average molecular weight is 262 g/mol. The molecule has 0 radical (unpaired) electrons. The molecule has 2 N–H and O–H groups in total. The van der Waals surface area contributed by atoms with E-state index in [2.05, 4.69) is 11.9 Å². The number of nitrogens with one attached hydrogen (secondary N) is 1. The number of amides is 2. The van der Waals surface area contributed by atoms with Gasteiger partial charge in [0.25, 0.3) is 0 Å². The maximum Gasteiger partial charge on any atom is 0.323 e. The molecule has 0 saturated carbocycles. The Kier molecular flexibility index (Phi) is 5.60. The first-order valence-corrected chi connectivity index (χ1v) is 5.97. The maximum absolute atomic E-state index is 12.0. The number of carboxylic acid groups (broad SMARTS) is 1. The van der Waals surface area contributed by atoms with Crippen LogP contribution < -0.4 is 5.32 Å². The number of aliphatic carboxylic acids is 1. The molecule has 2 amide bonds. The molecule has 0 fully saturated rings. The number of carboxylic acids is 1. The van der Waals surface area contributed by atoms with Gasteiger partial charge in [0.05, 0.1) is 6.04 Å². The largest absolute Gasteiger partial charge is 0.480 e. The molecule has 0 heterocycles. The molecule has 1 unspecified atom stereocenters. The van der Waals surface area contributed by atoms with E-state index in [1.54, 1.807) is 0 Å².